The fourth-order valence-corrected chi connectivity index (χ4v) is 1.46. The van der Waals surface area contributed by atoms with Crippen LogP contribution in [0.25, 0.3) is 0 Å². The maximum Gasteiger partial charge on any atom is 0.330 e. The van der Waals surface area contributed by atoms with Crippen molar-refractivity contribution in [3.63, 3.8) is 0 Å². The Morgan fingerprint density at radius 2 is 2.06 bits per heavy atom. The summed E-state index contributed by atoms with van der Waals surface area (Å²) in [4.78, 5) is 20.8. The summed E-state index contributed by atoms with van der Waals surface area (Å²) in [5, 5.41) is 8.49. The molecule has 18 heavy (non-hydrogen) atoms. The van der Waals surface area contributed by atoms with Gasteiger partial charge in [0.15, 0.2) is 0 Å². The molecule has 0 aromatic carbocycles. The molecule has 2 atom stereocenters. The van der Waals surface area contributed by atoms with Crippen molar-refractivity contribution in [2.24, 2.45) is 11.7 Å². The molecule has 0 aliphatic heterocycles. The van der Waals surface area contributed by atoms with Crippen LogP contribution in [0.2, 0.25) is 0 Å². The molecule has 0 spiro atoms. The van der Waals surface area contributed by atoms with Crippen LogP contribution in [0.3, 0.4) is 0 Å². The van der Waals surface area contributed by atoms with Gasteiger partial charge in [-0.25, -0.2) is 4.79 Å². The predicted molar refractivity (Wildman–Crippen MR) is 69.0 cm³/mol. The van der Waals surface area contributed by atoms with Gasteiger partial charge in [-0.1, -0.05) is 19.9 Å². The zero-order chi connectivity index (χ0) is 14.6. The third-order valence-electron chi connectivity index (χ3n) is 2.62. The zero-order valence-corrected chi connectivity index (χ0v) is 11.5. The number of carbonyl (C=O) groups excluding carboxylic acids is 1. The van der Waals surface area contributed by atoms with Gasteiger partial charge in [-0.15, -0.1) is 0 Å². The van der Waals surface area contributed by atoms with E-state index in [2.05, 4.69) is 6.58 Å². The highest BCUT2D eigenvalue weighted by atomic mass is 16.6. The highest BCUT2D eigenvalue weighted by Gasteiger charge is 2.56. The number of rotatable bonds is 3. The van der Waals surface area contributed by atoms with Crippen molar-refractivity contribution in [1.82, 2.24) is 0 Å². The summed E-state index contributed by atoms with van der Waals surface area (Å²) in [6.07, 6.45) is 2.69. The molecular weight excluding hydrogens is 234 g/mol. The molecule has 1 aliphatic rings. The molecule has 0 saturated heterocycles. The topological polar surface area (TPSA) is 89.6 Å². The van der Waals surface area contributed by atoms with Crippen LogP contribution in [0.5, 0.6) is 0 Å². The SMILES string of the molecule is C=CC(=O)OC(C)(C)C.CCC1CC1(N)C(=O)O. The van der Waals surface area contributed by atoms with Crippen molar-refractivity contribution in [2.45, 2.75) is 51.7 Å². The van der Waals surface area contributed by atoms with E-state index >= 15 is 0 Å². The van der Waals surface area contributed by atoms with Crippen molar-refractivity contribution in [1.29, 1.82) is 0 Å². The van der Waals surface area contributed by atoms with Gasteiger partial charge in [0.05, 0.1) is 0 Å². The first-order valence-corrected chi connectivity index (χ1v) is 5.94. The van der Waals surface area contributed by atoms with E-state index in [1.807, 2.05) is 27.7 Å². The number of esters is 1. The van der Waals surface area contributed by atoms with E-state index in [0.717, 1.165) is 12.5 Å². The molecule has 1 rings (SSSR count). The van der Waals surface area contributed by atoms with E-state index in [-0.39, 0.29) is 11.9 Å². The summed E-state index contributed by atoms with van der Waals surface area (Å²) in [5.41, 5.74) is 4.18. The molecule has 3 N–H and O–H groups in total. The van der Waals surface area contributed by atoms with Crippen LogP contribution in [-0.2, 0) is 14.3 Å². The second kappa shape index (κ2) is 6.00. The monoisotopic (exact) mass is 257 g/mol. The molecule has 1 fully saturated rings. The smallest absolute Gasteiger partial charge is 0.330 e. The summed E-state index contributed by atoms with van der Waals surface area (Å²) < 4.78 is 4.83. The zero-order valence-electron chi connectivity index (χ0n) is 11.5. The first-order valence-electron chi connectivity index (χ1n) is 5.94. The van der Waals surface area contributed by atoms with Crippen LogP contribution in [-0.4, -0.2) is 28.2 Å². The molecule has 1 saturated carbocycles. The van der Waals surface area contributed by atoms with Gasteiger partial charge in [-0.2, -0.15) is 0 Å². The van der Waals surface area contributed by atoms with Gasteiger partial charge in [0.2, 0.25) is 0 Å². The summed E-state index contributed by atoms with van der Waals surface area (Å²) in [5.74, 6) is -1.01. The summed E-state index contributed by atoms with van der Waals surface area (Å²) in [6, 6.07) is 0. The van der Waals surface area contributed by atoms with Gasteiger partial charge < -0.3 is 15.6 Å². The average Bonchev–Trinajstić information content (AvgIpc) is 2.90. The fourth-order valence-electron chi connectivity index (χ4n) is 1.46. The van der Waals surface area contributed by atoms with Crippen molar-refractivity contribution in [3.05, 3.63) is 12.7 Å². The van der Waals surface area contributed by atoms with Gasteiger partial charge >= 0.3 is 11.9 Å². The first-order chi connectivity index (χ1) is 8.06. The quantitative estimate of drug-likeness (QED) is 0.593. The Bertz CT molecular complexity index is 332. The van der Waals surface area contributed by atoms with Gasteiger partial charge in [-0.3, -0.25) is 4.79 Å². The highest BCUT2D eigenvalue weighted by Crippen LogP contribution is 2.43. The maximum atomic E-state index is 10.5. The lowest BCUT2D eigenvalue weighted by molar-refractivity contribution is -0.148. The lowest BCUT2D eigenvalue weighted by Gasteiger charge is -2.17. The van der Waals surface area contributed by atoms with Crippen LogP contribution in [0, 0.1) is 5.92 Å². The number of aliphatic carboxylic acids is 1. The largest absolute Gasteiger partial charge is 0.480 e. The molecule has 0 aromatic heterocycles. The number of hydrogen-bond donors (Lipinski definition) is 2. The van der Waals surface area contributed by atoms with E-state index in [1.54, 1.807) is 0 Å². The Labute approximate surface area is 108 Å². The first kappa shape index (κ1) is 16.6. The number of hydrogen-bond acceptors (Lipinski definition) is 4. The molecule has 5 nitrogen and oxygen atoms in total. The predicted octanol–water partition coefficient (Wildman–Crippen LogP) is 1.71. The minimum absolute atomic E-state index is 0.218. The molecule has 0 amide bonds. The van der Waals surface area contributed by atoms with Gasteiger partial charge in [0.1, 0.15) is 11.1 Å². The Morgan fingerprint density at radius 3 is 2.17 bits per heavy atom. The second-order valence-corrected chi connectivity index (χ2v) is 5.39. The number of carbonyl (C=O) groups is 2. The van der Waals surface area contributed by atoms with Crippen LogP contribution in [0.15, 0.2) is 12.7 Å². The van der Waals surface area contributed by atoms with Crippen molar-refractivity contribution >= 4 is 11.9 Å². The molecule has 0 aromatic rings. The van der Waals surface area contributed by atoms with Gasteiger partial charge in [0.25, 0.3) is 0 Å². The summed E-state index contributed by atoms with van der Waals surface area (Å²) >= 11 is 0. The summed E-state index contributed by atoms with van der Waals surface area (Å²) in [7, 11) is 0. The third-order valence-corrected chi connectivity index (χ3v) is 2.62. The maximum absolute atomic E-state index is 10.5. The number of ether oxygens (including phenoxy) is 1. The Morgan fingerprint density at radius 1 is 1.56 bits per heavy atom. The van der Waals surface area contributed by atoms with E-state index in [0.29, 0.717) is 6.42 Å². The van der Waals surface area contributed by atoms with E-state index in [4.69, 9.17) is 15.6 Å². The third kappa shape index (κ3) is 5.31. The fraction of sp³-hybridized carbons (Fsp3) is 0.692. The molecule has 104 valence electrons. The lowest BCUT2D eigenvalue weighted by atomic mass is 10.2. The molecule has 5 heteroatoms. The van der Waals surface area contributed by atoms with Crippen LogP contribution in [0.4, 0.5) is 0 Å². The number of carboxylic acid groups (broad SMARTS) is 1. The van der Waals surface area contributed by atoms with Crippen LogP contribution in [0.1, 0.15) is 40.5 Å². The molecular formula is C13H23NO4. The Balaban J connectivity index is 0.000000321. The van der Waals surface area contributed by atoms with Crippen molar-refractivity contribution in [2.75, 3.05) is 0 Å². The average molecular weight is 257 g/mol. The van der Waals surface area contributed by atoms with E-state index in [9.17, 15) is 9.59 Å². The summed E-state index contributed by atoms with van der Waals surface area (Å²) in [6.45, 7) is 10.7. The number of nitrogens with two attached hydrogens (primary N) is 1. The molecule has 0 bridgehead atoms. The van der Waals surface area contributed by atoms with Gasteiger partial charge in [0, 0.05) is 6.08 Å². The standard InChI is InChI=1S/C7H12O2.C6H11NO2/c1-5-6(8)9-7(2,3)4;1-2-4-3-6(4,7)5(8)9/h5H,1H2,2-4H3;4H,2-3,7H2,1H3,(H,8,9). The number of carboxylic acids is 1. The minimum atomic E-state index is -0.866. The van der Waals surface area contributed by atoms with Crippen LogP contribution >= 0.6 is 0 Å². The van der Waals surface area contributed by atoms with Gasteiger partial charge in [-0.05, 0) is 33.1 Å². The Kier molecular flexibility index (Phi) is 5.55. The van der Waals surface area contributed by atoms with E-state index in [1.165, 1.54) is 0 Å². The highest BCUT2D eigenvalue weighted by molar-refractivity contribution is 5.82. The van der Waals surface area contributed by atoms with Crippen molar-refractivity contribution < 1.29 is 19.4 Å². The lowest BCUT2D eigenvalue weighted by Crippen LogP contribution is -2.34. The second-order valence-electron chi connectivity index (χ2n) is 5.39. The molecule has 1 aliphatic carbocycles. The molecule has 2 unspecified atom stereocenters. The Hall–Kier alpha value is -1.36. The van der Waals surface area contributed by atoms with Crippen LogP contribution < -0.4 is 5.73 Å². The van der Waals surface area contributed by atoms with E-state index < -0.39 is 17.1 Å². The normalized spacial score (nSPS) is 25.5. The molecule has 0 heterocycles. The van der Waals surface area contributed by atoms with Crippen molar-refractivity contribution in [3.8, 4) is 0 Å². The minimum Gasteiger partial charge on any atom is -0.480 e. The molecule has 0 radical (unpaired) electrons.